The summed E-state index contributed by atoms with van der Waals surface area (Å²) in [4.78, 5) is 0. The Balaban J connectivity index is 2.60. The molecule has 0 aliphatic heterocycles. The highest BCUT2D eigenvalue weighted by molar-refractivity contribution is 6.17. The van der Waals surface area contributed by atoms with Gasteiger partial charge in [-0.05, 0) is 6.42 Å². The zero-order valence-corrected chi connectivity index (χ0v) is 6.49. The molecule has 56 valence electrons. The number of halogens is 1. The lowest BCUT2D eigenvalue weighted by Gasteiger charge is -1.99. The van der Waals surface area contributed by atoms with Gasteiger partial charge in [-0.2, -0.15) is 0 Å². The molecular weight excluding hydrogens is 140 g/mol. The summed E-state index contributed by atoms with van der Waals surface area (Å²) >= 11 is 5.36. The molecule has 0 aliphatic carbocycles. The zero-order valence-electron chi connectivity index (χ0n) is 5.73. The van der Waals surface area contributed by atoms with Crippen LogP contribution in [0.4, 0.5) is 0 Å². The van der Waals surface area contributed by atoms with Gasteiger partial charge in [0.2, 0.25) is 0 Å². The lowest BCUT2D eigenvalue weighted by molar-refractivity contribution is 0.112. The van der Waals surface area contributed by atoms with Crippen molar-refractivity contribution < 1.29 is 9.47 Å². The molecule has 0 heterocycles. The lowest BCUT2D eigenvalue weighted by atomic mass is 10.5. The molecule has 9 heavy (non-hydrogen) atoms. The molecule has 0 rings (SSSR count). The molecule has 0 aromatic rings. The van der Waals surface area contributed by atoms with Crippen molar-refractivity contribution in [3.63, 3.8) is 0 Å². The van der Waals surface area contributed by atoms with E-state index in [0.717, 1.165) is 19.6 Å². The molecule has 2 nitrogen and oxygen atoms in total. The Hall–Kier alpha value is 0.210. The van der Waals surface area contributed by atoms with Gasteiger partial charge in [0.25, 0.3) is 0 Å². The first-order chi connectivity index (χ1) is 4.41. The maximum Gasteiger partial charge on any atom is 0.0601 e. The SMILES string of the molecule is COCCCOCCCl. The molecule has 0 atom stereocenters. The van der Waals surface area contributed by atoms with Crippen LogP contribution >= 0.6 is 11.6 Å². The minimum absolute atomic E-state index is 0.576. The van der Waals surface area contributed by atoms with Crippen molar-refractivity contribution in [3.05, 3.63) is 0 Å². The van der Waals surface area contributed by atoms with E-state index in [9.17, 15) is 0 Å². The number of hydrogen-bond donors (Lipinski definition) is 0. The third kappa shape index (κ3) is 8.21. The minimum atomic E-state index is 0.576. The molecule has 0 aromatic heterocycles. The van der Waals surface area contributed by atoms with Crippen LogP contribution in [0, 0.1) is 0 Å². The third-order valence-electron chi connectivity index (χ3n) is 0.859. The summed E-state index contributed by atoms with van der Waals surface area (Å²) in [7, 11) is 1.68. The quantitative estimate of drug-likeness (QED) is 0.422. The molecule has 0 radical (unpaired) electrons. The number of rotatable bonds is 6. The van der Waals surface area contributed by atoms with Gasteiger partial charge >= 0.3 is 0 Å². The van der Waals surface area contributed by atoms with Crippen LogP contribution in [0.5, 0.6) is 0 Å². The third-order valence-corrected chi connectivity index (χ3v) is 1.01. The Bertz CT molecular complexity index is 44.3. The fourth-order valence-electron chi connectivity index (χ4n) is 0.462. The molecule has 0 bridgehead atoms. The summed E-state index contributed by atoms with van der Waals surface area (Å²) in [6.07, 6.45) is 0.952. The lowest BCUT2D eigenvalue weighted by Crippen LogP contribution is -2.00. The molecule has 0 amide bonds. The van der Waals surface area contributed by atoms with Crippen LogP contribution in [0.15, 0.2) is 0 Å². The minimum Gasteiger partial charge on any atom is -0.385 e. The molecular formula is C6H13ClO2. The Morgan fingerprint density at radius 3 is 2.56 bits per heavy atom. The van der Waals surface area contributed by atoms with E-state index in [2.05, 4.69) is 0 Å². The predicted octanol–water partition coefficient (Wildman–Crippen LogP) is 1.28. The van der Waals surface area contributed by atoms with Crippen LogP contribution in [-0.2, 0) is 9.47 Å². The topological polar surface area (TPSA) is 18.5 Å². The van der Waals surface area contributed by atoms with Gasteiger partial charge in [-0.3, -0.25) is 0 Å². The smallest absolute Gasteiger partial charge is 0.0601 e. The standard InChI is InChI=1S/C6H13ClO2/c1-8-4-2-5-9-6-3-7/h2-6H2,1H3. The maximum atomic E-state index is 5.36. The Kier molecular flexibility index (Phi) is 8.40. The predicted molar refractivity (Wildman–Crippen MR) is 38.0 cm³/mol. The summed E-state index contributed by atoms with van der Waals surface area (Å²) in [5.74, 6) is 0.576. The van der Waals surface area contributed by atoms with Crippen molar-refractivity contribution in [1.29, 1.82) is 0 Å². The van der Waals surface area contributed by atoms with E-state index in [-0.39, 0.29) is 0 Å². The van der Waals surface area contributed by atoms with Crippen LogP contribution < -0.4 is 0 Å². The summed E-state index contributed by atoms with van der Waals surface area (Å²) in [6.45, 7) is 2.16. The van der Waals surface area contributed by atoms with E-state index >= 15 is 0 Å². The van der Waals surface area contributed by atoms with E-state index in [0.29, 0.717) is 12.5 Å². The van der Waals surface area contributed by atoms with E-state index in [1.54, 1.807) is 7.11 Å². The van der Waals surface area contributed by atoms with E-state index in [1.807, 2.05) is 0 Å². The Morgan fingerprint density at radius 2 is 2.00 bits per heavy atom. The van der Waals surface area contributed by atoms with Crippen LogP contribution in [0.3, 0.4) is 0 Å². The van der Waals surface area contributed by atoms with Gasteiger partial charge in [0.05, 0.1) is 6.61 Å². The van der Waals surface area contributed by atoms with Gasteiger partial charge < -0.3 is 9.47 Å². The fraction of sp³-hybridized carbons (Fsp3) is 1.00. The van der Waals surface area contributed by atoms with Gasteiger partial charge in [0, 0.05) is 26.2 Å². The van der Waals surface area contributed by atoms with E-state index in [4.69, 9.17) is 21.1 Å². The van der Waals surface area contributed by atoms with Gasteiger partial charge in [0.15, 0.2) is 0 Å². The van der Waals surface area contributed by atoms with Crippen LogP contribution in [0.2, 0.25) is 0 Å². The number of alkyl halides is 1. The fourth-order valence-corrected chi connectivity index (χ4v) is 0.571. The Labute approximate surface area is 61.1 Å². The van der Waals surface area contributed by atoms with E-state index in [1.165, 1.54) is 0 Å². The molecule has 0 saturated heterocycles. The molecule has 0 aromatic carbocycles. The number of hydrogen-bond acceptors (Lipinski definition) is 2. The number of ether oxygens (including phenoxy) is 2. The second-order valence-corrected chi connectivity index (χ2v) is 2.03. The molecule has 0 aliphatic rings. The normalized spacial score (nSPS) is 10.0. The zero-order chi connectivity index (χ0) is 6.95. The second kappa shape index (κ2) is 8.21. The highest BCUT2D eigenvalue weighted by Crippen LogP contribution is 1.84. The summed E-state index contributed by atoms with van der Waals surface area (Å²) in [6, 6.07) is 0. The van der Waals surface area contributed by atoms with Crippen LogP contribution in [0.1, 0.15) is 6.42 Å². The molecule has 0 unspecified atom stereocenters. The molecule has 3 heteroatoms. The molecule has 0 fully saturated rings. The largest absolute Gasteiger partial charge is 0.385 e. The van der Waals surface area contributed by atoms with Crippen molar-refractivity contribution in [1.82, 2.24) is 0 Å². The number of methoxy groups -OCH3 is 1. The van der Waals surface area contributed by atoms with Gasteiger partial charge in [-0.15, -0.1) is 11.6 Å². The molecule has 0 saturated carbocycles. The first kappa shape index (κ1) is 9.21. The van der Waals surface area contributed by atoms with Gasteiger partial charge in [0.1, 0.15) is 0 Å². The van der Waals surface area contributed by atoms with Crippen molar-refractivity contribution in [2.24, 2.45) is 0 Å². The summed E-state index contributed by atoms with van der Waals surface area (Å²) in [5.41, 5.74) is 0. The van der Waals surface area contributed by atoms with Crippen LogP contribution in [0.25, 0.3) is 0 Å². The summed E-state index contributed by atoms with van der Waals surface area (Å²) < 4.78 is 9.88. The van der Waals surface area contributed by atoms with Gasteiger partial charge in [-0.1, -0.05) is 0 Å². The highest BCUT2D eigenvalue weighted by Gasteiger charge is 1.85. The van der Waals surface area contributed by atoms with Gasteiger partial charge in [-0.25, -0.2) is 0 Å². The average molecular weight is 153 g/mol. The average Bonchev–Trinajstić information content (AvgIpc) is 1.89. The highest BCUT2D eigenvalue weighted by atomic mass is 35.5. The monoisotopic (exact) mass is 152 g/mol. The van der Waals surface area contributed by atoms with E-state index < -0.39 is 0 Å². The maximum absolute atomic E-state index is 5.36. The first-order valence-electron chi connectivity index (χ1n) is 3.04. The second-order valence-electron chi connectivity index (χ2n) is 1.65. The van der Waals surface area contributed by atoms with Crippen molar-refractivity contribution >= 4 is 11.6 Å². The van der Waals surface area contributed by atoms with Crippen LogP contribution in [-0.4, -0.2) is 32.8 Å². The molecule has 0 N–H and O–H groups in total. The van der Waals surface area contributed by atoms with Crippen molar-refractivity contribution in [2.45, 2.75) is 6.42 Å². The Morgan fingerprint density at radius 1 is 1.22 bits per heavy atom. The first-order valence-corrected chi connectivity index (χ1v) is 3.58. The van der Waals surface area contributed by atoms with Crippen molar-refractivity contribution in [2.75, 3.05) is 32.8 Å². The molecule has 0 spiro atoms. The van der Waals surface area contributed by atoms with Crippen molar-refractivity contribution in [3.8, 4) is 0 Å². The summed E-state index contributed by atoms with van der Waals surface area (Å²) in [5, 5.41) is 0.